The van der Waals surface area contributed by atoms with Crippen LogP contribution in [0.2, 0.25) is 0 Å². The molecule has 0 aliphatic carbocycles. The number of aromatic hydroxyl groups is 1. The van der Waals surface area contributed by atoms with Gasteiger partial charge >= 0.3 is 5.97 Å². The van der Waals surface area contributed by atoms with E-state index in [0.29, 0.717) is 23.4 Å². The van der Waals surface area contributed by atoms with Gasteiger partial charge in [-0.3, -0.25) is 4.79 Å². The van der Waals surface area contributed by atoms with Gasteiger partial charge in [-0.15, -0.1) is 11.8 Å². The van der Waals surface area contributed by atoms with Crippen molar-refractivity contribution in [2.75, 3.05) is 26.5 Å². The summed E-state index contributed by atoms with van der Waals surface area (Å²) >= 11 is 1.48. The average Bonchev–Trinajstić information content (AvgIpc) is 2.51. The second kappa shape index (κ2) is 6.87. The summed E-state index contributed by atoms with van der Waals surface area (Å²) in [6.45, 7) is 2.64. The van der Waals surface area contributed by atoms with Crippen molar-refractivity contribution in [3.8, 4) is 5.75 Å². The van der Waals surface area contributed by atoms with Gasteiger partial charge in [0, 0.05) is 19.3 Å². The molecule has 0 atom stereocenters. The Kier molecular flexibility index (Phi) is 5.13. The smallest absolute Gasteiger partial charge is 0.338 e. The topological polar surface area (TPSA) is 66.8 Å². The van der Waals surface area contributed by atoms with E-state index in [1.807, 2.05) is 6.92 Å². The molecule has 2 rings (SSSR count). The predicted octanol–water partition coefficient (Wildman–Crippen LogP) is 2.29. The third kappa shape index (κ3) is 3.27. The van der Waals surface area contributed by atoms with E-state index in [-0.39, 0.29) is 17.2 Å². The number of carbonyl (C=O) groups excluding carboxylic acids is 2. The fraction of sp³-hybridized carbons (Fsp3) is 0.375. The lowest BCUT2D eigenvalue weighted by atomic mass is 9.98. The molecule has 1 aromatic carbocycles. The molecule has 0 radical (unpaired) electrons. The number of aryl methyl sites for hydroxylation is 1. The molecular formula is C16H19NO4S. The van der Waals surface area contributed by atoms with E-state index in [1.54, 1.807) is 24.1 Å². The molecule has 1 amide bonds. The van der Waals surface area contributed by atoms with Crippen molar-refractivity contribution in [3.63, 3.8) is 0 Å². The maximum Gasteiger partial charge on any atom is 0.338 e. The van der Waals surface area contributed by atoms with Crippen LogP contribution in [0.1, 0.15) is 28.4 Å². The first-order valence-electron chi connectivity index (χ1n) is 7.02. The molecule has 1 aromatic rings. The Hall–Kier alpha value is -1.95. The second-order valence-corrected chi connectivity index (χ2v) is 6.13. The van der Waals surface area contributed by atoms with E-state index in [2.05, 4.69) is 0 Å². The number of hydrogen-bond donors (Lipinski definition) is 1. The van der Waals surface area contributed by atoms with Crippen LogP contribution in [0.3, 0.4) is 0 Å². The minimum atomic E-state index is -0.529. The Balaban J connectivity index is 2.57. The largest absolute Gasteiger partial charge is 0.508 e. The molecule has 1 N–H and O–H groups in total. The molecule has 1 heterocycles. The van der Waals surface area contributed by atoms with Crippen LogP contribution in [-0.4, -0.2) is 48.3 Å². The van der Waals surface area contributed by atoms with Gasteiger partial charge in [-0.1, -0.05) is 6.92 Å². The van der Waals surface area contributed by atoms with E-state index in [9.17, 15) is 14.7 Å². The molecule has 1 saturated heterocycles. The van der Waals surface area contributed by atoms with Gasteiger partial charge in [0.15, 0.2) is 0 Å². The Morgan fingerprint density at radius 3 is 2.86 bits per heavy atom. The van der Waals surface area contributed by atoms with Crippen molar-refractivity contribution in [1.82, 2.24) is 4.90 Å². The number of phenols is 1. The van der Waals surface area contributed by atoms with Crippen molar-refractivity contribution in [2.24, 2.45) is 0 Å². The molecule has 5 nitrogen and oxygen atoms in total. The molecular weight excluding hydrogens is 302 g/mol. The zero-order chi connectivity index (χ0) is 16.3. The monoisotopic (exact) mass is 321 g/mol. The first-order chi connectivity index (χ1) is 10.5. The second-order valence-electron chi connectivity index (χ2n) is 5.00. The number of esters is 1. The zero-order valence-electron chi connectivity index (χ0n) is 12.9. The lowest BCUT2D eigenvalue weighted by molar-refractivity contribution is -0.125. The normalized spacial score (nSPS) is 17.0. The summed E-state index contributed by atoms with van der Waals surface area (Å²) in [5, 5.41) is 9.78. The summed E-state index contributed by atoms with van der Waals surface area (Å²) in [5.41, 5.74) is 1.71. The first-order valence-corrected chi connectivity index (χ1v) is 8.00. The number of hydrogen-bond acceptors (Lipinski definition) is 5. The Morgan fingerprint density at radius 1 is 1.50 bits per heavy atom. The highest BCUT2D eigenvalue weighted by molar-refractivity contribution is 8.04. The molecule has 0 unspecified atom stereocenters. The number of thioether (sulfide) groups is 1. The summed E-state index contributed by atoms with van der Waals surface area (Å²) in [5.74, 6) is 0.252. The van der Waals surface area contributed by atoms with Gasteiger partial charge in [0.05, 0.1) is 17.6 Å². The zero-order valence-corrected chi connectivity index (χ0v) is 13.7. The molecule has 0 spiro atoms. The summed E-state index contributed by atoms with van der Waals surface area (Å²) < 4.78 is 4.79. The SMILES string of the molecule is CCc1cc(O)cc(C(=O)OC)c1C=C1SCCN(C)C1=O. The Morgan fingerprint density at radius 2 is 2.23 bits per heavy atom. The van der Waals surface area contributed by atoms with E-state index in [0.717, 1.165) is 11.3 Å². The highest BCUT2D eigenvalue weighted by Gasteiger charge is 2.23. The molecule has 1 aliphatic heterocycles. The van der Waals surface area contributed by atoms with Gasteiger partial charge in [0.25, 0.3) is 5.91 Å². The number of benzene rings is 1. The fourth-order valence-corrected chi connectivity index (χ4v) is 3.38. The van der Waals surface area contributed by atoms with Gasteiger partial charge < -0.3 is 14.7 Å². The molecule has 0 saturated carbocycles. The van der Waals surface area contributed by atoms with Crippen LogP contribution in [-0.2, 0) is 16.0 Å². The number of carbonyl (C=O) groups is 2. The highest BCUT2D eigenvalue weighted by Crippen LogP contribution is 2.30. The third-order valence-electron chi connectivity index (χ3n) is 3.55. The van der Waals surface area contributed by atoms with Crippen molar-refractivity contribution < 1.29 is 19.4 Å². The molecule has 1 aliphatic rings. The van der Waals surface area contributed by atoms with Gasteiger partial charge in [0.1, 0.15) is 5.75 Å². The van der Waals surface area contributed by atoms with Crippen molar-refractivity contribution in [2.45, 2.75) is 13.3 Å². The Bertz CT molecular complexity index is 639. The number of nitrogens with zero attached hydrogens (tertiary/aromatic N) is 1. The van der Waals surface area contributed by atoms with Crippen molar-refractivity contribution in [3.05, 3.63) is 33.7 Å². The molecule has 6 heteroatoms. The molecule has 22 heavy (non-hydrogen) atoms. The van der Waals surface area contributed by atoms with Crippen LogP contribution in [0.15, 0.2) is 17.0 Å². The Labute approximate surface area is 133 Å². The number of rotatable bonds is 3. The number of ether oxygens (including phenoxy) is 1. The van der Waals surface area contributed by atoms with E-state index >= 15 is 0 Å². The molecule has 1 fully saturated rings. The predicted molar refractivity (Wildman–Crippen MR) is 86.9 cm³/mol. The lowest BCUT2D eigenvalue weighted by Crippen LogP contribution is -2.33. The van der Waals surface area contributed by atoms with Gasteiger partial charge in [-0.2, -0.15) is 0 Å². The summed E-state index contributed by atoms with van der Waals surface area (Å²) in [6.07, 6.45) is 2.36. The van der Waals surface area contributed by atoms with Crippen LogP contribution in [0, 0.1) is 0 Å². The number of phenolic OH excluding ortho intramolecular Hbond substituents is 1. The highest BCUT2D eigenvalue weighted by atomic mass is 32.2. The van der Waals surface area contributed by atoms with Gasteiger partial charge in [-0.25, -0.2) is 4.79 Å². The van der Waals surface area contributed by atoms with Crippen LogP contribution in [0.5, 0.6) is 5.75 Å². The van der Waals surface area contributed by atoms with Crippen molar-refractivity contribution in [1.29, 1.82) is 0 Å². The van der Waals surface area contributed by atoms with Crippen LogP contribution < -0.4 is 0 Å². The molecule has 0 aromatic heterocycles. The maximum atomic E-state index is 12.2. The minimum absolute atomic E-state index is 0.0131. The quantitative estimate of drug-likeness (QED) is 0.683. The summed E-state index contributed by atoms with van der Waals surface area (Å²) in [4.78, 5) is 26.5. The van der Waals surface area contributed by atoms with E-state index in [1.165, 1.54) is 24.9 Å². The average molecular weight is 321 g/mol. The number of amides is 1. The van der Waals surface area contributed by atoms with Crippen molar-refractivity contribution >= 4 is 29.7 Å². The minimum Gasteiger partial charge on any atom is -0.508 e. The van der Waals surface area contributed by atoms with Crippen LogP contribution >= 0.6 is 11.8 Å². The summed E-state index contributed by atoms with van der Waals surface area (Å²) in [6, 6.07) is 2.99. The maximum absolute atomic E-state index is 12.2. The van der Waals surface area contributed by atoms with Gasteiger partial charge in [-0.05, 0) is 35.8 Å². The number of methoxy groups -OCH3 is 1. The van der Waals surface area contributed by atoms with E-state index < -0.39 is 5.97 Å². The van der Waals surface area contributed by atoms with Crippen LogP contribution in [0.4, 0.5) is 0 Å². The lowest BCUT2D eigenvalue weighted by Gasteiger charge is -2.24. The third-order valence-corrected chi connectivity index (χ3v) is 4.54. The molecule has 118 valence electrons. The first kappa shape index (κ1) is 16.4. The summed E-state index contributed by atoms with van der Waals surface area (Å²) in [7, 11) is 3.05. The molecule has 0 bridgehead atoms. The van der Waals surface area contributed by atoms with E-state index in [4.69, 9.17) is 4.74 Å². The van der Waals surface area contributed by atoms with Crippen LogP contribution in [0.25, 0.3) is 6.08 Å². The number of likely N-dealkylation sites (N-methyl/N-ethyl adjacent to an activating group) is 1. The standard InChI is InChI=1S/C16H19NO4S/c1-4-10-7-11(18)8-13(16(20)21-3)12(10)9-14-15(19)17(2)5-6-22-14/h7-9,18H,4-6H2,1-3H3. The fourth-order valence-electron chi connectivity index (χ4n) is 2.32. The van der Waals surface area contributed by atoms with Gasteiger partial charge in [0.2, 0.25) is 0 Å².